The lowest BCUT2D eigenvalue weighted by Crippen LogP contribution is -2.45. The van der Waals surface area contributed by atoms with Gasteiger partial charge in [0.05, 0.1) is 13.2 Å². The van der Waals surface area contributed by atoms with Gasteiger partial charge in [-0.1, -0.05) is 0 Å². The van der Waals surface area contributed by atoms with Crippen molar-refractivity contribution >= 4 is 11.8 Å². The van der Waals surface area contributed by atoms with Crippen molar-refractivity contribution in [1.29, 1.82) is 0 Å². The third kappa shape index (κ3) is 4.72. The highest BCUT2D eigenvalue weighted by molar-refractivity contribution is 5.96. The molecule has 2 N–H and O–H groups in total. The molecule has 5 heteroatoms. The van der Waals surface area contributed by atoms with E-state index in [-0.39, 0.29) is 18.2 Å². The normalized spacial score (nSPS) is 21.8. The van der Waals surface area contributed by atoms with Gasteiger partial charge in [-0.15, -0.1) is 0 Å². The highest BCUT2D eigenvalue weighted by atomic mass is 16.5. The van der Waals surface area contributed by atoms with Crippen molar-refractivity contribution < 1.29 is 14.3 Å². The number of nitrogens with two attached hydrogens (primary N) is 1. The Labute approximate surface area is 95.9 Å². The summed E-state index contributed by atoms with van der Waals surface area (Å²) in [5.74, 6) is -0.527. The zero-order valence-corrected chi connectivity index (χ0v) is 9.78. The van der Waals surface area contributed by atoms with Crippen LogP contribution < -0.4 is 5.73 Å². The molecule has 0 aromatic heterocycles. The molecule has 1 aliphatic rings. The first-order valence-corrected chi connectivity index (χ1v) is 5.77. The summed E-state index contributed by atoms with van der Waals surface area (Å²) in [5, 5.41) is 0. The van der Waals surface area contributed by atoms with E-state index in [0.29, 0.717) is 13.2 Å². The van der Waals surface area contributed by atoms with Gasteiger partial charge in [0.15, 0.2) is 5.78 Å². The number of piperidine rings is 1. The van der Waals surface area contributed by atoms with Crippen molar-refractivity contribution in [2.24, 2.45) is 5.73 Å². The van der Waals surface area contributed by atoms with Crippen molar-refractivity contribution in [2.75, 3.05) is 26.2 Å². The third-order valence-electron chi connectivity index (χ3n) is 2.59. The first kappa shape index (κ1) is 13.1. The van der Waals surface area contributed by atoms with Crippen molar-refractivity contribution in [3.63, 3.8) is 0 Å². The Hall–Kier alpha value is -0.940. The Morgan fingerprint density at radius 1 is 1.50 bits per heavy atom. The molecule has 1 atom stereocenters. The number of esters is 1. The predicted octanol–water partition coefficient (Wildman–Crippen LogP) is -0.0682. The second-order valence-electron chi connectivity index (χ2n) is 4.16. The number of carbonyl (C=O) groups excluding carboxylic acids is 2. The summed E-state index contributed by atoms with van der Waals surface area (Å²) in [6.07, 6.45) is 1.91. The maximum atomic E-state index is 11.5. The van der Waals surface area contributed by atoms with Crippen LogP contribution in [0.15, 0.2) is 0 Å². The molecular weight excluding hydrogens is 208 g/mol. The summed E-state index contributed by atoms with van der Waals surface area (Å²) in [6, 6.07) is 0.157. The fraction of sp³-hybridized carbons (Fsp3) is 0.818. The standard InChI is InChI=1S/C11H20N2O3/c1-2-16-11(15)6-10(14)8-13-5-3-4-9(12)7-13/h9H,2-8,12H2,1H3. The van der Waals surface area contributed by atoms with E-state index in [2.05, 4.69) is 0 Å². The summed E-state index contributed by atoms with van der Waals surface area (Å²) >= 11 is 0. The third-order valence-corrected chi connectivity index (χ3v) is 2.59. The number of carbonyl (C=O) groups is 2. The molecule has 1 rings (SSSR count). The van der Waals surface area contributed by atoms with Crippen molar-refractivity contribution in [2.45, 2.75) is 32.2 Å². The largest absolute Gasteiger partial charge is 0.466 e. The first-order valence-electron chi connectivity index (χ1n) is 5.77. The molecule has 0 aromatic rings. The Morgan fingerprint density at radius 3 is 2.88 bits per heavy atom. The van der Waals surface area contributed by atoms with Crippen molar-refractivity contribution in [3.05, 3.63) is 0 Å². The predicted molar refractivity (Wildman–Crippen MR) is 59.9 cm³/mol. The van der Waals surface area contributed by atoms with Gasteiger partial charge in [0.25, 0.3) is 0 Å². The second-order valence-corrected chi connectivity index (χ2v) is 4.16. The molecule has 5 nitrogen and oxygen atoms in total. The summed E-state index contributed by atoms with van der Waals surface area (Å²) in [5.41, 5.74) is 5.81. The lowest BCUT2D eigenvalue weighted by molar-refractivity contribution is -0.145. The fourth-order valence-electron chi connectivity index (χ4n) is 1.91. The smallest absolute Gasteiger partial charge is 0.313 e. The quantitative estimate of drug-likeness (QED) is 0.527. The number of ether oxygens (including phenoxy) is 1. The summed E-state index contributed by atoms with van der Waals surface area (Å²) in [6.45, 7) is 4.00. The molecule has 0 bridgehead atoms. The minimum atomic E-state index is -0.436. The molecule has 1 unspecified atom stereocenters. The van der Waals surface area contributed by atoms with Crippen LogP contribution in [-0.2, 0) is 14.3 Å². The molecule has 0 amide bonds. The molecule has 0 saturated carbocycles. The van der Waals surface area contributed by atoms with E-state index in [1.807, 2.05) is 4.90 Å². The molecule has 1 heterocycles. The van der Waals surface area contributed by atoms with E-state index in [9.17, 15) is 9.59 Å². The number of Topliss-reactive ketones (excluding diaryl/α,β-unsaturated/α-hetero) is 1. The lowest BCUT2D eigenvalue weighted by Gasteiger charge is -2.29. The van der Waals surface area contributed by atoms with Crippen LogP contribution in [0.2, 0.25) is 0 Å². The van der Waals surface area contributed by atoms with Crippen LogP contribution >= 0.6 is 0 Å². The molecular formula is C11H20N2O3. The highest BCUT2D eigenvalue weighted by Crippen LogP contribution is 2.08. The van der Waals surface area contributed by atoms with Gasteiger partial charge in [-0.3, -0.25) is 14.5 Å². The Balaban J connectivity index is 2.25. The van der Waals surface area contributed by atoms with Gasteiger partial charge in [0.2, 0.25) is 0 Å². The zero-order chi connectivity index (χ0) is 12.0. The molecule has 1 saturated heterocycles. The van der Waals surface area contributed by atoms with E-state index in [1.54, 1.807) is 6.92 Å². The van der Waals surface area contributed by atoms with E-state index >= 15 is 0 Å². The minimum Gasteiger partial charge on any atom is -0.466 e. The average molecular weight is 228 g/mol. The monoisotopic (exact) mass is 228 g/mol. The van der Waals surface area contributed by atoms with Gasteiger partial charge in [-0.25, -0.2) is 0 Å². The van der Waals surface area contributed by atoms with Crippen LogP contribution in [0.1, 0.15) is 26.2 Å². The van der Waals surface area contributed by atoms with E-state index in [1.165, 1.54) is 0 Å². The number of hydrogen-bond acceptors (Lipinski definition) is 5. The van der Waals surface area contributed by atoms with Crippen LogP contribution in [-0.4, -0.2) is 48.9 Å². The second kappa shape index (κ2) is 6.60. The van der Waals surface area contributed by atoms with Crippen LogP contribution in [0.25, 0.3) is 0 Å². The van der Waals surface area contributed by atoms with Crippen molar-refractivity contribution in [1.82, 2.24) is 4.90 Å². The minimum absolute atomic E-state index is 0.0902. The van der Waals surface area contributed by atoms with Gasteiger partial charge in [-0.2, -0.15) is 0 Å². The van der Waals surface area contributed by atoms with Gasteiger partial charge in [0.1, 0.15) is 6.42 Å². The van der Waals surface area contributed by atoms with E-state index in [4.69, 9.17) is 10.5 Å². The molecule has 92 valence electrons. The summed E-state index contributed by atoms with van der Waals surface area (Å²) in [4.78, 5) is 24.6. The van der Waals surface area contributed by atoms with Crippen molar-refractivity contribution in [3.8, 4) is 0 Å². The Bertz CT molecular complexity index is 256. The number of hydrogen-bond donors (Lipinski definition) is 1. The fourth-order valence-corrected chi connectivity index (χ4v) is 1.91. The Morgan fingerprint density at radius 2 is 2.25 bits per heavy atom. The van der Waals surface area contributed by atoms with Gasteiger partial charge >= 0.3 is 5.97 Å². The van der Waals surface area contributed by atoms with Gasteiger partial charge < -0.3 is 10.5 Å². The zero-order valence-electron chi connectivity index (χ0n) is 9.78. The molecule has 16 heavy (non-hydrogen) atoms. The van der Waals surface area contributed by atoms with Gasteiger partial charge in [0, 0.05) is 12.6 Å². The topological polar surface area (TPSA) is 72.6 Å². The summed E-state index contributed by atoms with van der Waals surface area (Å²) in [7, 11) is 0. The average Bonchev–Trinajstić information content (AvgIpc) is 2.17. The van der Waals surface area contributed by atoms with Crippen LogP contribution in [0.4, 0.5) is 0 Å². The molecule has 0 spiro atoms. The van der Waals surface area contributed by atoms with Gasteiger partial charge in [-0.05, 0) is 26.3 Å². The number of likely N-dealkylation sites (tertiary alicyclic amines) is 1. The lowest BCUT2D eigenvalue weighted by atomic mass is 10.1. The highest BCUT2D eigenvalue weighted by Gasteiger charge is 2.20. The van der Waals surface area contributed by atoms with Crippen LogP contribution in [0.5, 0.6) is 0 Å². The number of rotatable bonds is 5. The Kier molecular flexibility index (Phi) is 5.42. The first-order chi connectivity index (χ1) is 7.61. The van der Waals surface area contributed by atoms with Crippen LogP contribution in [0, 0.1) is 0 Å². The molecule has 1 aliphatic heterocycles. The number of ketones is 1. The molecule has 0 radical (unpaired) electrons. The summed E-state index contributed by atoms with van der Waals surface area (Å²) < 4.78 is 4.72. The molecule has 0 aromatic carbocycles. The maximum absolute atomic E-state index is 11.5. The van der Waals surface area contributed by atoms with E-state index in [0.717, 1.165) is 25.9 Å². The number of nitrogens with zero attached hydrogens (tertiary/aromatic N) is 1. The molecule has 0 aliphatic carbocycles. The SMILES string of the molecule is CCOC(=O)CC(=O)CN1CCCC(N)C1. The van der Waals surface area contributed by atoms with E-state index < -0.39 is 5.97 Å². The molecule has 1 fully saturated rings. The van der Waals surface area contributed by atoms with Crippen LogP contribution in [0.3, 0.4) is 0 Å². The maximum Gasteiger partial charge on any atom is 0.313 e.